The van der Waals surface area contributed by atoms with Crippen LogP contribution in [0.3, 0.4) is 0 Å². The molecule has 1 aromatic heterocycles. The summed E-state index contributed by atoms with van der Waals surface area (Å²) in [6.45, 7) is 1.38. The van der Waals surface area contributed by atoms with Crippen molar-refractivity contribution in [1.29, 1.82) is 0 Å². The van der Waals surface area contributed by atoms with Crippen LogP contribution in [-0.4, -0.2) is 23.8 Å². The second kappa shape index (κ2) is 6.56. The van der Waals surface area contributed by atoms with Gasteiger partial charge in [-0.1, -0.05) is 29.3 Å². The number of carbonyl (C=O) groups is 2. The number of nitrogens with zero attached hydrogens (tertiary/aromatic N) is 1. The van der Waals surface area contributed by atoms with Crippen molar-refractivity contribution in [2.45, 2.75) is 13.3 Å². The zero-order valence-corrected chi connectivity index (χ0v) is 13.6. The maximum atomic E-state index is 11.7. The molecule has 0 aliphatic carbocycles. The number of esters is 1. The molecular formula is C14H11Cl2NO3S. The van der Waals surface area contributed by atoms with E-state index in [1.165, 1.54) is 14.0 Å². The summed E-state index contributed by atoms with van der Waals surface area (Å²) in [5, 5.41) is 1.61. The van der Waals surface area contributed by atoms with Crippen molar-refractivity contribution in [2.24, 2.45) is 0 Å². The Balaban J connectivity index is 2.42. The van der Waals surface area contributed by atoms with Crippen LogP contribution in [0.25, 0.3) is 0 Å². The van der Waals surface area contributed by atoms with Gasteiger partial charge < -0.3 is 4.74 Å². The maximum Gasteiger partial charge on any atom is 0.358 e. The number of benzene rings is 1. The number of hydrogen-bond donors (Lipinski definition) is 0. The highest BCUT2D eigenvalue weighted by Gasteiger charge is 2.22. The molecule has 0 N–H and O–H groups in total. The van der Waals surface area contributed by atoms with Crippen LogP contribution >= 0.6 is 34.5 Å². The number of hydrogen-bond acceptors (Lipinski definition) is 5. The molecule has 0 saturated carbocycles. The number of aromatic nitrogens is 1. The fourth-order valence-electron chi connectivity index (χ4n) is 1.77. The molecule has 0 spiro atoms. The quantitative estimate of drug-likeness (QED) is 0.621. The average Bonchev–Trinajstić information content (AvgIpc) is 2.86. The van der Waals surface area contributed by atoms with Gasteiger partial charge in [-0.15, -0.1) is 11.3 Å². The van der Waals surface area contributed by atoms with Crippen molar-refractivity contribution in [3.8, 4) is 0 Å². The molecule has 1 heterocycles. The Morgan fingerprint density at radius 2 is 1.90 bits per heavy atom. The van der Waals surface area contributed by atoms with Gasteiger partial charge in [-0.2, -0.15) is 0 Å². The first kappa shape index (κ1) is 15.9. The van der Waals surface area contributed by atoms with E-state index in [1.807, 2.05) is 0 Å². The van der Waals surface area contributed by atoms with Gasteiger partial charge in [-0.25, -0.2) is 9.78 Å². The van der Waals surface area contributed by atoms with E-state index >= 15 is 0 Å². The van der Waals surface area contributed by atoms with Gasteiger partial charge in [0.25, 0.3) is 0 Å². The summed E-state index contributed by atoms with van der Waals surface area (Å²) in [7, 11) is 1.25. The zero-order valence-electron chi connectivity index (χ0n) is 11.3. The van der Waals surface area contributed by atoms with Crippen molar-refractivity contribution in [3.63, 3.8) is 0 Å². The van der Waals surface area contributed by atoms with Gasteiger partial charge in [-0.05, 0) is 17.7 Å². The standard InChI is InChI=1S/C14H11Cl2NO3S/c1-7(18)13-12(14(19)20-2)17-11(21-13)6-8-9(15)4-3-5-10(8)16/h3-5H,6H2,1-2H3. The fraction of sp³-hybridized carbons (Fsp3) is 0.214. The third-order valence-electron chi connectivity index (χ3n) is 2.76. The van der Waals surface area contributed by atoms with Gasteiger partial charge in [0.2, 0.25) is 0 Å². The number of thiazole rings is 1. The predicted molar refractivity (Wildman–Crippen MR) is 82.7 cm³/mol. The molecule has 7 heteroatoms. The third kappa shape index (κ3) is 3.43. The normalized spacial score (nSPS) is 10.5. The molecule has 0 radical (unpaired) electrons. The van der Waals surface area contributed by atoms with Crippen molar-refractivity contribution < 1.29 is 14.3 Å². The van der Waals surface area contributed by atoms with Crippen LogP contribution in [0.1, 0.15) is 37.7 Å². The molecule has 110 valence electrons. The minimum absolute atomic E-state index is 0.0353. The highest BCUT2D eigenvalue weighted by Crippen LogP contribution is 2.29. The van der Waals surface area contributed by atoms with Crippen LogP contribution in [0, 0.1) is 0 Å². The first-order valence-electron chi connectivity index (χ1n) is 5.96. The minimum Gasteiger partial charge on any atom is -0.464 e. The Morgan fingerprint density at radius 1 is 1.29 bits per heavy atom. The van der Waals surface area contributed by atoms with Crippen molar-refractivity contribution in [3.05, 3.63) is 49.4 Å². The minimum atomic E-state index is -0.632. The lowest BCUT2D eigenvalue weighted by molar-refractivity contribution is 0.0591. The second-order valence-corrected chi connectivity index (χ2v) is 6.11. The summed E-state index contributed by atoms with van der Waals surface area (Å²) in [5.74, 6) is -0.864. The predicted octanol–water partition coefficient (Wildman–Crippen LogP) is 4.03. The summed E-state index contributed by atoms with van der Waals surface area (Å²) in [6, 6.07) is 5.20. The van der Waals surface area contributed by atoms with Gasteiger partial charge in [0.1, 0.15) is 4.88 Å². The molecule has 0 fully saturated rings. The maximum absolute atomic E-state index is 11.7. The van der Waals surface area contributed by atoms with Crippen molar-refractivity contribution >= 4 is 46.3 Å². The van der Waals surface area contributed by atoms with Gasteiger partial charge in [0.05, 0.1) is 12.1 Å². The lowest BCUT2D eigenvalue weighted by Gasteiger charge is -2.04. The van der Waals surface area contributed by atoms with Crippen LogP contribution in [-0.2, 0) is 11.2 Å². The third-order valence-corrected chi connectivity index (χ3v) is 4.62. The largest absolute Gasteiger partial charge is 0.464 e. The Hall–Kier alpha value is -1.43. The van der Waals surface area contributed by atoms with E-state index in [0.29, 0.717) is 27.0 Å². The Morgan fingerprint density at radius 3 is 2.43 bits per heavy atom. The Kier molecular flexibility index (Phi) is 4.98. The van der Waals surface area contributed by atoms with E-state index < -0.39 is 5.97 Å². The van der Waals surface area contributed by atoms with Gasteiger partial charge >= 0.3 is 5.97 Å². The van der Waals surface area contributed by atoms with E-state index in [0.717, 1.165) is 11.3 Å². The second-order valence-electron chi connectivity index (χ2n) is 4.21. The summed E-state index contributed by atoms with van der Waals surface area (Å²) < 4.78 is 4.64. The molecule has 2 rings (SSSR count). The number of ketones is 1. The summed E-state index contributed by atoms with van der Waals surface area (Å²) in [5.41, 5.74) is 0.745. The first-order valence-corrected chi connectivity index (χ1v) is 7.53. The molecule has 4 nitrogen and oxygen atoms in total. The fourth-order valence-corrected chi connectivity index (χ4v) is 3.26. The van der Waals surface area contributed by atoms with Crippen molar-refractivity contribution in [2.75, 3.05) is 7.11 Å². The van der Waals surface area contributed by atoms with Gasteiger partial charge in [0, 0.05) is 23.4 Å². The lowest BCUT2D eigenvalue weighted by atomic mass is 10.1. The molecule has 0 unspecified atom stereocenters. The number of methoxy groups -OCH3 is 1. The topological polar surface area (TPSA) is 56.3 Å². The Bertz CT molecular complexity index is 692. The molecule has 0 bridgehead atoms. The van der Waals surface area contributed by atoms with E-state index in [4.69, 9.17) is 23.2 Å². The molecule has 1 aromatic carbocycles. The van der Waals surface area contributed by atoms with Crippen LogP contribution in [0.5, 0.6) is 0 Å². The van der Waals surface area contributed by atoms with Gasteiger partial charge in [-0.3, -0.25) is 4.79 Å². The number of halogens is 2. The molecule has 0 saturated heterocycles. The summed E-state index contributed by atoms with van der Waals surface area (Å²) in [6.07, 6.45) is 0.348. The smallest absolute Gasteiger partial charge is 0.358 e. The number of Topliss-reactive ketones (excluding diaryl/α,β-unsaturated/α-hetero) is 1. The highest BCUT2D eigenvalue weighted by atomic mass is 35.5. The summed E-state index contributed by atoms with van der Waals surface area (Å²) in [4.78, 5) is 27.7. The molecule has 0 aliphatic rings. The average molecular weight is 344 g/mol. The number of ether oxygens (including phenoxy) is 1. The summed E-state index contributed by atoms with van der Waals surface area (Å²) >= 11 is 13.4. The zero-order chi connectivity index (χ0) is 15.6. The van der Waals surface area contributed by atoms with Crippen LogP contribution < -0.4 is 0 Å². The Labute approximate surface area is 135 Å². The highest BCUT2D eigenvalue weighted by molar-refractivity contribution is 7.14. The van der Waals surface area contributed by atoms with Gasteiger partial charge in [0.15, 0.2) is 11.5 Å². The molecule has 0 aliphatic heterocycles. The number of rotatable bonds is 4. The lowest BCUT2D eigenvalue weighted by Crippen LogP contribution is -2.07. The molecule has 2 aromatic rings. The molecule has 0 amide bonds. The van der Waals surface area contributed by atoms with Crippen LogP contribution in [0.4, 0.5) is 0 Å². The van der Waals surface area contributed by atoms with Crippen LogP contribution in [0.15, 0.2) is 18.2 Å². The number of carbonyl (C=O) groups excluding carboxylic acids is 2. The van der Waals surface area contributed by atoms with E-state index in [9.17, 15) is 9.59 Å². The SMILES string of the molecule is COC(=O)c1nc(Cc2c(Cl)cccc2Cl)sc1C(C)=O. The van der Waals surface area contributed by atoms with Crippen LogP contribution in [0.2, 0.25) is 10.0 Å². The van der Waals surface area contributed by atoms with Crippen molar-refractivity contribution in [1.82, 2.24) is 4.98 Å². The van der Waals surface area contributed by atoms with E-state index in [1.54, 1.807) is 18.2 Å². The van der Waals surface area contributed by atoms with E-state index in [-0.39, 0.29) is 16.4 Å². The monoisotopic (exact) mass is 343 g/mol. The van der Waals surface area contributed by atoms with E-state index in [2.05, 4.69) is 9.72 Å². The molecular weight excluding hydrogens is 333 g/mol. The molecule has 21 heavy (non-hydrogen) atoms. The molecule has 0 atom stereocenters. The first-order chi connectivity index (χ1) is 9.93.